The van der Waals surface area contributed by atoms with Crippen molar-refractivity contribution in [2.75, 3.05) is 4.90 Å². The van der Waals surface area contributed by atoms with Crippen LogP contribution in [0, 0.1) is 6.92 Å². The molecule has 2 unspecified atom stereocenters. The molecule has 3 atom stereocenters. The van der Waals surface area contributed by atoms with Gasteiger partial charge in [0.25, 0.3) is 0 Å². The van der Waals surface area contributed by atoms with Gasteiger partial charge in [0.1, 0.15) is 17.3 Å². The van der Waals surface area contributed by atoms with Gasteiger partial charge >= 0.3 is 0 Å². The number of hydrogen-bond acceptors (Lipinski definition) is 6. The van der Waals surface area contributed by atoms with Gasteiger partial charge in [-0.15, -0.1) is 0 Å². The Morgan fingerprint density at radius 3 is 2.59 bits per heavy atom. The highest BCUT2D eigenvalue weighted by molar-refractivity contribution is 5.94. The van der Waals surface area contributed by atoms with Gasteiger partial charge in [-0.1, -0.05) is 29.4 Å². The highest BCUT2D eigenvalue weighted by Gasteiger charge is 2.42. The minimum absolute atomic E-state index is 0.0823. The Morgan fingerprint density at radius 1 is 1.12 bits per heavy atom. The number of ether oxygens (including phenoxy) is 1. The number of Topliss-reactive ketones (excluding diaryl/α,β-unsaturated/α-hetero) is 1. The number of aromatic nitrogens is 2. The van der Waals surface area contributed by atoms with E-state index in [0.717, 1.165) is 59.6 Å². The predicted octanol–water partition coefficient (Wildman–Crippen LogP) is 5.84. The van der Waals surface area contributed by atoms with Crippen LogP contribution in [0.15, 0.2) is 47.1 Å². The second kappa shape index (κ2) is 8.66. The summed E-state index contributed by atoms with van der Waals surface area (Å²) in [4.78, 5) is 18.9. The van der Waals surface area contributed by atoms with E-state index in [2.05, 4.69) is 46.2 Å². The van der Waals surface area contributed by atoms with Crippen LogP contribution in [0.3, 0.4) is 0 Å². The second-order valence-corrected chi connectivity index (χ2v) is 10.1. The van der Waals surface area contributed by atoms with Gasteiger partial charge in [-0.3, -0.25) is 4.79 Å². The lowest BCUT2D eigenvalue weighted by atomic mass is 9.98. The summed E-state index contributed by atoms with van der Waals surface area (Å²) in [5.41, 5.74) is 5.12. The van der Waals surface area contributed by atoms with Crippen molar-refractivity contribution in [3.8, 4) is 11.3 Å². The zero-order valence-electron chi connectivity index (χ0n) is 19.9. The van der Waals surface area contributed by atoms with Crippen LogP contribution < -0.4 is 4.90 Å². The number of anilines is 1. The zero-order chi connectivity index (χ0) is 23.2. The first-order chi connectivity index (χ1) is 16.6. The van der Waals surface area contributed by atoms with Gasteiger partial charge in [0.2, 0.25) is 0 Å². The fraction of sp³-hybridized carbons (Fsp3) is 0.464. The monoisotopic (exact) mass is 457 g/mol. The van der Waals surface area contributed by atoms with E-state index in [1.807, 2.05) is 6.07 Å². The molecular weight excluding hydrogens is 426 g/mol. The Hall–Kier alpha value is -2.99. The van der Waals surface area contributed by atoms with Crippen molar-refractivity contribution >= 4 is 11.6 Å². The number of rotatable bonds is 7. The summed E-state index contributed by atoms with van der Waals surface area (Å²) in [6, 6.07) is 12.9. The lowest BCUT2D eigenvalue weighted by Gasteiger charge is -2.39. The number of nitrogens with zero attached hydrogens (tertiary/aromatic N) is 3. The van der Waals surface area contributed by atoms with E-state index in [9.17, 15) is 4.79 Å². The van der Waals surface area contributed by atoms with Crippen LogP contribution in [-0.4, -0.2) is 34.1 Å². The maximum atomic E-state index is 11.9. The SMILES string of the molecule is CC(=O)c1ccnc(N2C3CC[C@H]2CC(OCc2c(-c4ccccc4C)noc2C2CC2)C3)c1. The van der Waals surface area contributed by atoms with Gasteiger partial charge in [0.15, 0.2) is 5.78 Å². The molecule has 3 fully saturated rings. The number of aryl methyl sites for hydroxylation is 1. The molecule has 1 aromatic carbocycles. The van der Waals surface area contributed by atoms with E-state index in [1.54, 1.807) is 19.2 Å². The molecule has 6 heteroatoms. The lowest BCUT2D eigenvalue weighted by molar-refractivity contribution is 0.0146. The normalized spacial score (nSPS) is 23.9. The van der Waals surface area contributed by atoms with Crippen molar-refractivity contribution in [3.05, 3.63) is 65.0 Å². The van der Waals surface area contributed by atoms with Gasteiger partial charge in [-0.05, 0) is 70.1 Å². The third-order valence-electron chi connectivity index (χ3n) is 7.74. The fourth-order valence-corrected chi connectivity index (χ4v) is 5.80. The van der Waals surface area contributed by atoms with Crippen LogP contribution in [0.1, 0.15) is 78.6 Å². The van der Waals surface area contributed by atoms with Gasteiger partial charge in [0.05, 0.1) is 12.7 Å². The summed E-state index contributed by atoms with van der Waals surface area (Å²) in [6.45, 7) is 4.27. The second-order valence-electron chi connectivity index (χ2n) is 10.1. The zero-order valence-corrected chi connectivity index (χ0v) is 19.9. The van der Waals surface area contributed by atoms with Gasteiger partial charge in [-0.2, -0.15) is 0 Å². The standard InChI is InChI=1S/C28H31N3O3/c1-17-5-3-4-6-24(17)27-25(28(34-30-27)19-7-8-19)16-33-23-14-21-9-10-22(15-23)31(21)26-13-20(18(2)32)11-12-29-26/h3-6,11-13,19,21-23H,7-10,14-16H2,1-2H3/t21-,22?,23?/m0/s1. The largest absolute Gasteiger partial charge is 0.373 e. The van der Waals surface area contributed by atoms with Crippen molar-refractivity contribution in [3.63, 3.8) is 0 Å². The van der Waals surface area contributed by atoms with E-state index >= 15 is 0 Å². The first-order valence-electron chi connectivity index (χ1n) is 12.5. The maximum Gasteiger partial charge on any atom is 0.159 e. The highest BCUT2D eigenvalue weighted by atomic mass is 16.5. The Bertz CT molecular complexity index is 1200. The molecule has 34 heavy (non-hydrogen) atoms. The summed E-state index contributed by atoms with van der Waals surface area (Å²) in [7, 11) is 0. The average molecular weight is 458 g/mol. The van der Waals surface area contributed by atoms with Crippen molar-refractivity contribution < 1.29 is 14.1 Å². The van der Waals surface area contributed by atoms with Crippen molar-refractivity contribution in [2.24, 2.45) is 0 Å². The molecule has 6 nitrogen and oxygen atoms in total. The van der Waals surface area contributed by atoms with Crippen LogP contribution in [0.5, 0.6) is 0 Å². The molecule has 2 aliphatic heterocycles. The van der Waals surface area contributed by atoms with Crippen molar-refractivity contribution in [1.82, 2.24) is 10.1 Å². The lowest BCUT2D eigenvalue weighted by Crippen LogP contribution is -2.46. The van der Waals surface area contributed by atoms with Crippen LogP contribution >= 0.6 is 0 Å². The Balaban J connectivity index is 1.19. The van der Waals surface area contributed by atoms with Crippen LogP contribution in [0.2, 0.25) is 0 Å². The molecule has 176 valence electrons. The molecular formula is C28H31N3O3. The molecule has 3 aromatic rings. The quantitative estimate of drug-likeness (QED) is 0.415. The predicted molar refractivity (Wildman–Crippen MR) is 130 cm³/mol. The molecule has 1 saturated carbocycles. The number of carbonyl (C=O) groups excluding carboxylic acids is 1. The van der Waals surface area contributed by atoms with Gasteiger partial charge in [0, 0.05) is 40.9 Å². The first kappa shape index (κ1) is 21.5. The molecule has 0 N–H and O–H groups in total. The van der Waals surface area contributed by atoms with Gasteiger partial charge in [-0.25, -0.2) is 4.98 Å². The third kappa shape index (κ3) is 3.94. The van der Waals surface area contributed by atoms with E-state index in [0.29, 0.717) is 24.6 Å². The molecule has 4 heterocycles. The number of piperidine rings is 1. The number of benzene rings is 1. The molecule has 1 aliphatic carbocycles. The van der Waals surface area contributed by atoms with Gasteiger partial charge < -0.3 is 14.2 Å². The summed E-state index contributed by atoms with van der Waals surface area (Å²) in [5, 5.41) is 4.49. The van der Waals surface area contributed by atoms with Crippen LogP contribution in [0.25, 0.3) is 11.3 Å². The minimum Gasteiger partial charge on any atom is -0.373 e. The average Bonchev–Trinajstić information content (AvgIpc) is 3.54. The smallest absolute Gasteiger partial charge is 0.159 e. The molecule has 2 aromatic heterocycles. The molecule has 2 bridgehead atoms. The number of pyridine rings is 1. The molecule has 6 rings (SSSR count). The molecule has 0 spiro atoms. The van der Waals surface area contributed by atoms with E-state index < -0.39 is 0 Å². The van der Waals surface area contributed by atoms with Crippen molar-refractivity contribution in [2.45, 2.75) is 83.1 Å². The summed E-state index contributed by atoms with van der Waals surface area (Å²) < 4.78 is 12.4. The fourth-order valence-electron chi connectivity index (χ4n) is 5.80. The third-order valence-corrected chi connectivity index (χ3v) is 7.74. The summed E-state index contributed by atoms with van der Waals surface area (Å²) in [6.07, 6.45) is 8.55. The number of fused-ring (bicyclic) bond motifs is 2. The summed E-state index contributed by atoms with van der Waals surface area (Å²) >= 11 is 0. The summed E-state index contributed by atoms with van der Waals surface area (Å²) in [5.74, 6) is 2.51. The van der Waals surface area contributed by atoms with E-state index in [-0.39, 0.29) is 11.9 Å². The molecule has 3 aliphatic rings. The van der Waals surface area contributed by atoms with Crippen LogP contribution in [-0.2, 0) is 11.3 Å². The van der Waals surface area contributed by atoms with Crippen LogP contribution in [0.4, 0.5) is 5.82 Å². The number of ketones is 1. The van der Waals surface area contributed by atoms with E-state index in [1.165, 1.54) is 18.4 Å². The topological polar surface area (TPSA) is 68.5 Å². The van der Waals surface area contributed by atoms with Crippen molar-refractivity contribution in [1.29, 1.82) is 0 Å². The maximum absolute atomic E-state index is 11.9. The first-order valence-corrected chi connectivity index (χ1v) is 12.5. The Labute approximate surface area is 200 Å². The molecule has 0 amide bonds. The minimum atomic E-state index is 0.0823. The Morgan fingerprint density at radius 2 is 1.88 bits per heavy atom. The number of hydrogen-bond donors (Lipinski definition) is 0. The Kier molecular flexibility index (Phi) is 5.48. The highest BCUT2D eigenvalue weighted by Crippen LogP contribution is 2.45. The van der Waals surface area contributed by atoms with E-state index in [4.69, 9.17) is 9.26 Å². The number of carbonyl (C=O) groups is 1. The molecule has 2 saturated heterocycles. The molecule has 0 radical (unpaired) electrons.